The van der Waals surface area contributed by atoms with Crippen molar-refractivity contribution in [2.24, 2.45) is 4.99 Å². The summed E-state index contributed by atoms with van der Waals surface area (Å²) in [6.45, 7) is 6.73. The van der Waals surface area contributed by atoms with Gasteiger partial charge in [-0.3, -0.25) is 4.99 Å². The summed E-state index contributed by atoms with van der Waals surface area (Å²) in [4.78, 5) is 11.9. The zero-order valence-electron chi connectivity index (χ0n) is 13.2. The minimum Gasteiger partial charge on any atom is -0.491 e. The smallest absolute Gasteiger partial charge is 0.135 e. The second-order valence-electron chi connectivity index (χ2n) is 6.19. The molecule has 0 radical (unpaired) electrons. The normalized spacial score (nSPS) is 19.9. The molecule has 0 N–H and O–H groups in total. The standard InChI is InChI=1S/C17H19BrN4O/c1-11(2)22-6-5-19-17(22)14-10-21-7-8-23-15-9-12(18)3-4-13(15)16(21)20-14/h3-6,9,11,14H,7-8,10H2,1-2H3. The lowest BCUT2D eigenvalue weighted by Gasteiger charge is -2.18. The van der Waals surface area contributed by atoms with Crippen LogP contribution in [0.3, 0.4) is 0 Å². The van der Waals surface area contributed by atoms with E-state index in [4.69, 9.17) is 9.73 Å². The molecule has 6 heteroatoms. The van der Waals surface area contributed by atoms with Gasteiger partial charge in [0.05, 0.1) is 12.1 Å². The van der Waals surface area contributed by atoms with E-state index in [1.807, 2.05) is 24.5 Å². The van der Waals surface area contributed by atoms with Gasteiger partial charge in [0.1, 0.15) is 30.1 Å². The van der Waals surface area contributed by atoms with E-state index in [1.54, 1.807) is 0 Å². The lowest BCUT2D eigenvalue weighted by Crippen LogP contribution is -2.30. The molecule has 0 fully saturated rings. The number of imidazole rings is 1. The summed E-state index contributed by atoms with van der Waals surface area (Å²) in [6.07, 6.45) is 3.91. The summed E-state index contributed by atoms with van der Waals surface area (Å²) in [6, 6.07) is 6.60. The van der Waals surface area contributed by atoms with Crippen molar-refractivity contribution in [3.8, 4) is 5.75 Å². The lowest BCUT2D eigenvalue weighted by atomic mass is 10.2. The van der Waals surface area contributed by atoms with E-state index in [0.717, 1.165) is 40.5 Å². The number of fused-ring (bicyclic) bond motifs is 3. The maximum atomic E-state index is 5.88. The first-order valence-electron chi connectivity index (χ1n) is 7.91. The average Bonchev–Trinajstić information content (AvgIpc) is 3.11. The first-order chi connectivity index (χ1) is 11.1. The third-order valence-corrected chi connectivity index (χ3v) is 4.82. The molecule has 0 saturated carbocycles. The molecule has 1 aromatic carbocycles. The molecule has 0 aliphatic carbocycles. The summed E-state index contributed by atoms with van der Waals surface area (Å²) in [5.41, 5.74) is 1.07. The third kappa shape index (κ3) is 2.55. The van der Waals surface area contributed by atoms with Crippen molar-refractivity contribution in [2.45, 2.75) is 25.9 Å². The Hall–Kier alpha value is -1.82. The summed E-state index contributed by atoms with van der Waals surface area (Å²) in [5.74, 6) is 2.96. The zero-order valence-corrected chi connectivity index (χ0v) is 14.8. The SMILES string of the molecule is CC(C)n1ccnc1C1CN2CCOc3cc(Br)ccc3C2=N1. The minimum atomic E-state index is 0.0806. The van der Waals surface area contributed by atoms with E-state index in [2.05, 4.69) is 50.3 Å². The number of nitrogens with zero attached hydrogens (tertiary/aromatic N) is 4. The van der Waals surface area contributed by atoms with Crippen LogP contribution >= 0.6 is 15.9 Å². The fraction of sp³-hybridized carbons (Fsp3) is 0.412. The lowest BCUT2D eigenvalue weighted by molar-refractivity contribution is 0.279. The molecule has 5 nitrogen and oxygen atoms in total. The Morgan fingerprint density at radius 1 is 1.35 bits per heavy atom. The summed E-state index contributed by atoms with van der Waals surface area (Å²) < 4.78 is 9.11. The van der Waals surface area contributed by atoms with Crippen molar-refractivity contribution >= 4 is 21.8 Å². The number of aromatic nitrogens is 2. The van der Waals surface area contributed by atoms with Gasteiger partial charge in [-0.15, -0.1) is 0 Å². The third-order valence-electron chi connectivity index (χ3n) is 4.33. The summed E-state index contributed by atoms with van der Waals surface area (Å²) >= 11 is 3.51. The molecule has 0 amide bonds. The molecule has 2 aliphatic rings. The molecule has 1 unspecified atom stereocenters. The maximum absolute atomic E-state index is 5.88. The number of benzene rings is 1. The maximum Gasteiger partial charge on any atom is 0.135 e. The van der Waals surface area contributed by atoms with Gasteiger partial charge in [-0.2, -0.15) is 0 Å². The van der Waals surface area contributed by atoms with Gasteiger partial charge in [0.15, 0.2) is 0 Å². The Morgan fingerprint density at radius 3 is 3.04 bits per heavy atom. The first-order valence-corrected chi connectivity index (χ1v) is 8.71. The Morgan fingerprint density at radius 2 is 2.22 bits per heavy atom. The van der Waals surface area contributed by atoms with Crippen LogP contribution in [-0.2, 0) is 0 Å². The van der Waals surface area contributed by atoms with E-state index in [1.165, 1.54) is 0 Å². The van der Waals surface area contributed by atoms with E-state index in [0.29, 0.717) is 12.6 Å². The van der Waals surface area contributed by atoms with Gasteiger partial charge in [0, 0.05) is 29.5 Å². The highest BCUT2D eigenvalue weighted by molar-refractivity contribution is 9.10. The Labute approximate surface area is 144 Å². The van der Waals surface area contributed by atoms with Crippen molar-refractivity contribution in [1.82, 2.24) is 14.5 Å². The van der Waals surface area contributed by atoms with Crippen molar-refractivity contribution < 1.29 is 4.74 Å². The number of aliphatic imine (C=N–C) groups is 1. The Kier molecular flexibility index (Phi) is 3.64. The van der Waals surface area contributed by atoms with Crippen molar-refractivity contribution in [3.63, 3.8) is 0 Å². The largest absolute Gasteiger partial charge is 0.491 e. The second kappa shape index (κ2) is 5.67. The van der Waals surface area contributed by atoms with Gasteiger partial charge in [-0.05, 0) is 32.0 Å². The van der Waals surface area contributed by atoms with E-state index in [-0.39, 0.29) is 6.04 Å². The van der Waals surface area contributed by atoms with E-state index >= 15 is 0 Å². The van der Waals surface area contributed by atoms with Crippen LogP contribution < -0.4 is 4.74 Å². The quantitative estimate of drug-likeness (QED) is 0.808. The number of halogens is 1. The highest BCUT2D eigenvalue weighted by Gasteiger charge is 2.33. The molecular weight excluding hydrogens is 356 g/mol. The molecule has 120 valence electrons. The molecular formula is C17H19BrN4O. The number of hydrogen-bond acceptors (Lipinski definition) is 4. The van der Waals surface area contributed by atoms with Crippen LogP contribution in [-0.4, -0.2) is 40.0 Å². The predicted molar refractivity (Wildman–Crippen MR) is 93.1 cm³/mol. The fourth-order valence-corrected chi connectivity index (χ4v) is 3.57. The minimum absolute atomic E-state index is 0.0806. The Bertz CT molecular complexity index is 768. The highest BCUT2D eigenvalue weighted by atomic mass is 79.9. The van der Waals surface area contributed by atoms with Gasteiger partial charge in [-0.1, -0.05) is 15.9 Å². The first kappa shape index (κ1) is 14.8. The zero-order chi connectivity index (χ0) is 16.0. The summed E-state index contributed by atoms with van der Waals surface area (Å²) in [7, 11) is 0. The number of hydrogen-bond donors (Lipinski definition) is 0. The molecule has 0 saturated heterocycles. The molecule has 1 atom stereocenters. The molecule has 23 heavy (non-hydrogen) atoms. The molecule has 3 heterocycles. The van der Waals surface area contributed by atoms with Crippen LogP contribution in [0.4, 0.5) is 0 Å². The number of rotatable bonds is 2. The van der Waals surface area contributed by atoms with E-state index in [9.17, 15) is 0 Å². The van der Waals surface area contributed by atoms with Crippen molar-refractivity contribution in [3.05, 3.63) is 46.5 Å². The topological polar surface area (TPSA) is 42.7 Å². The highest BCUT2D eigenvalue weighted by Crippen LogP contribution is 2.33. The van der Waals surface area contributed by atoms with Crippen LogP contribution in [0.5, 0.6) is 5.75 Å². The van der Waals surface area contributed by atoms with Crippen molar-refractivity contribution in [1.29, 1.82) is 0 Å². The molecule has 4 rings (SSSR count). The molecule has 0 bridgehead atoms. The van der Waals surface area contributed by atoms with E-state index < -0.39 is 0 Å². The fourth-order valence-electron chi connectivity index (χ4n) is 3.23. The Balaban J connectivity index is 1.75. The van der Waals surface area contributed by atoms with Crippen molar-refractivity contribution in [2.75, 3.05) is 19.7 Å². The summed E-state index contributed by atoms with van der Waals surface area (Å²) in [5, 5.41) is 0. The van der Waals surface area contributed by atoms with Gasteiger partial charge >= 0.3 is 0 Å². The van der Waals surface area contributed by atoms with Gasteiger partial charge in [0.2, 0.25) is 0 Å². The molecule has 1 aromatic heterocycles. The van der Waals surface area contributed by atoms with Gasteiger partial charge in [-0.25, -0.2) is 4.98 Å². The predicted octanol–water partition coefficient (Wildman–Crippen LogP) is 3.42. The molecule has 2 aliphatic heterocycles. The number of amidine groups is 1. The monoisotopic (exact) mass is 374 g/mol. The van der Waals surface area contributed by atoms with Crippen LogP contribution in [0.2, 0.25) is 0 Å². The number of ether oxygens (including phenoxy) is 1. The van der Waals surface area contributed by atoms with Crippen LogP contribution in [0.1, 0.15) is 37.3 Å². The molecule has 0 spiro atoms. The average molecular weight is 375 g/mol. The molecule has 2 aromatic rings. The van der Waals surface area contributed by atoms with Gasteiger partial charge in [0.25, 0.3) is 0 Å². The van der Waals surface area contributed by atoms with Gasteiger partial charge < -0.3 is 14.2 Å². The van der Waals surface area contributed by atoms with Crippen LogP contribution in [0.15, 0.2) is 40.1 Å². The second-order valence-corrected chi connectivity index (χ2v) is 7.11. The van der Waals surface area contributed by atoms with Crippen LogP contribution in [0.25, 0.3) is 0 Å². The van der Waals surface area contributed by atoms with Crippen LogP contribution in [0, 0.1) is 0 Å².